The summed E-state index contributed by atoms with van der Waals surface area (Å²) in [6, 6.07) is 31.0. The van der Waals surface area contributed by atoms with E-state index in [1.807, 2.05) is 30.3 Å². The van der Waals surface area contributed by atoms with Crippen LogP contribution in [0.5, 0.6) is 0 Å². The molecule has 0 unspecified atom stereocenters. The van der Waals surface area contributed by atoms with E-state index in [9.17, 15) is 9.59 Å². The van der Waals surface area contributed by atoms with Crippen LogP contribution in [-0.4, -0.2) is 32.8 Å². The fourth-order valence-corrected chi connectivity index (χ4v) is 11.4. The molecule has 5 nitrogen and oxygen atoms in total. The first-order valence-electron chi connectivity index (χ1n) is 14.9. The highest BCUT2D eigenvalue weighted by atomic mass is 28.4. The molecule has 1 fully saturated rings. The number of ether oxygens (including phenoxy) is 1. The second kappa shape index (κ2) is 13.6. The van der Waals surface area contributed by atoms with Gasteiger partial charge in [-0.3, -0.25) is 0 Å². The smallest absolute Gasteiger partial charge is 0.407 e. The Morgan fingerprint density at radius 3 is 2.07 bits per heavy atom. The predicted molar refractivity (Wildman–Crippen MR) is 168 cm³/mol. The summed E-state index contributed by atoms with van der Waals surface area (Å²) in [6.45, 7) is 9.93. The molecule has 0 bridgehead atoms. The Morgan fingerprint density at radius 1 is 0.976 bits per heavy atom. The van der Waals surface area contributed by atoms with E-state index in [1.165, 1.54) is 10.4 Å². The van der Waals surface area contributed by atoms with Gasteiger partial charge in [0.25, 0.3) is 8.32 Å². The van der Waals surface area contributed by atoms with Crippen LogP contribution < -0.4 is 15.7 Å². The number of nitrogens with one attached hydrogen (secondary N) is 1. The van der Waals surface area contributed by atoms with Crippen molar-refractivity contribution in [3.05, 3.63) is 96.6 Å². The number of benzene rings is 3. The maximum absolute atomic E-state index is 12.9. The maximum atomic E-state index is 12.9. The molecule has 3 aromatic rings. The molecule has 0 radical (unpaired) electrons. The highest BCUT2D eigenvalue weighted by Crippen LogP contribution is 2.44. The van der Waals surface area contributed by atoms with E-state index in [2.05, 4.69) is 93.7 Å². The Hall–Kier alpha value is -3.22. The van der Waals surface area contributed by atoms with Gasteiger partial charge in [0.15, 0.2) is 0 Å². The van der Waals surface area contributed by atoms with Crippen molar-refractivity contribution in [2.75, 3.05) is 6.61 Å². The van der Waals surface area contributed by atoms with Gasteiger partial charge in [-0.2, -0.15) is 0 Å². The van der Waals surface area contributed by atoms with Crippen molar-refractivity contribution in [2.45, 2.75) is 77.0 Å². The summed E-state index contributed by atoms with van der Waals surface area (Å²) < 4.78 is 12.7. The van der Waals surface area contributed by atoms with Gasteiger partial charge in [-0.1, -0.05) is 125 Å². The summed E-state index contributed by atoms with van der Waals surface area (Å²) >= 11 is 0. The normalized spacial score (nSPS) is 19.9. The lowest BCUT2D eigenvalue weighted by Crippen LogP contribution is -2.66. The van der Waals surface area contributed by atoms with E-state index < -0.39 is 19.9 Å². The minimum absolute atomic E-state index is 0.0857. The van der Waals surface area contributed by atoms with Crippen LogP contribution in [0.15, 0.2) is 91.0 Å². The van der Waals surface area contributed by atoms with Gasteiger partial charge in [-0.15, -0.1) is 0 Å². The van der Waals surface area contributed by atoms with Gasteiger partial charge in [-0.25, -0.2) is 4.79 Å². The molecule has 4 rings (SSSR count). The van der Waals surface area contributed by atoms with E-state index in [4.69, 9.17) is 9.16 Å². The molecule has 3 atom stereocenters. The Kier molecular flexibility index (Phi) is 10.2. The van der Waals surface area contributed by atoms with Crippen LogP contribution in [0, 0.1) is 11.8 Å². The topological polar surface area (TPSA) is 64.6 Å². The number of hydrogen-bond acceptors (Lipinski definition) is 4. The molecule has 1 aliphatic carbocycles. The first kappa shape index (κ1) is 30.7. The van der Waals surface area contributed by atoms with Gasteiger partial charge in [-0.05, 0) is 52.1 Å². The number of rotatable bonds is 12. The number of hydrogen-bond donors (Lipinski definition) is 1. The molecular formula is C35H45NO4Si. The summed E-state index contributed by atoms with van der Waals surface area (Å²) in [7, 11) is -2.62. The van der Waals surface area contributed by atoms with Gasteiger partial charge >= 0.3 is 6.09 Å². The maximum Gasteiger partial charge on any atom is 0.407 e. The Bertz CT molecular complexity index is 1210. The molecule has 1 aliphatic rings. The number of amides is 1. The summed E-state index contributed by atoms with van der Waals surface area (Å²) in [5, 5.41) is 5.60. The van der Waals surface area contributed by atoms with Gasteiger partial charge in [0.1, 0.15) is 12.9 Å². The van der Waals surface area contributed by atoms with Gasteiger partial charge in [0.05, 0.1) is 5.54 Å². The first-order valence-corrected chi connectivity index (χ1v) is 16.8. The quantitative estimate of drug-likeness (QED) is 0.195. The molecule has 0 spiro atoms. The van der Waals surface area contributed by atoms with Crippen molar-refractivity contribution in [3.8, 4) is 0 Å². The third-order valence-electron chi connectivity index (χ3n) is 8.85. The molecule has 0 heterocycles. The largest absolute Gasteiger partial charge is 0.445 e. The molecule has 6 heteroatoms. The molecule has 3 aromatic carbocycles. The summed E-state index contributed by atoms with van der Waals surface area (Å²) in [4.78, 5) is 24.8. The summed E-state index contributed by atoms with van der Waals surface area (Å²) in [5.41, 5.74) is 0.343. The average Bonchev–Trinajstić information content (AvgIpc) is 3.38. The van der Waals surface area contributed by atoms with Crippen LogP contribution in [0.2, 0.25) is 5.04 Å². The highest BCUT2D eigenvalue weighted by molar-refractivity contribution is 6.99. The minimum atomic E-state index is -2.62. The minimum Gasteiger partial charge on any atom is -0.445 e. The lowest BCUT2D eigenvalue weighted by atomic mass is 9.76. The van der Waals surface area contributed by atoms with Crippen LogP contribution in [0.3, 0.4) is 0 Å². The van der Waals surface area contributed by atoms with E-state index in [0.29, 0.717) is 6.61 Å². The fraction of sp³-hybridized carbons (Fsp3) is 0.429. The van der Waals surface area contributed by atoms with Gasteiger partial charge < -0.3 is 19.3 Å². The molecule has 0 saturated heterocycles. The van der Waals surface area contributed by atoms with Crippen molar-refractivity contribution >= 4 is 31.1 Å². The molecule has 0 aromatic heterocycles. The van der Waals surface area contributed by atoms with Crippen molar-refractivity contribution in [1.82, 2.24) is 5.32 Å². The zero-order valence-electron chi connectivity index (χ0n) is 25.0. The lowest BCUT2D eigenvalue weighted by molar-refractivity contribution is -0.109. The highest BCUT2D eigenvalue weighted by Gasteiger charge is 2.51. The van der Waals surface area contributed by atoms with Crippen LogP contribution >= 0.6 is 0 Å². The molecule has 218 valence electrons. The van der Waals surface area contributed by atoms with Crippen molar-refractivity contribution in [1.29, 1.82) is 0 Å². The number of aldehydes is 1. The van der Waals surface area contributed by atoms with Crippen molar-refractivity contribution in [3.63, 3.8) is 0 Å². The van der Waals surface area contributed by atoms with E-state index in [1.54, 1.807) is 0 Å². The van der Waals surface area contributed by atoms with Crippen LogP contribution in [0.25, 0.3) is 0 Å². The Labute approximate surface area is 246 Å². The van der Waals surface area contributed by atoms with Gasteiger partial charge in [0.2, 0.25) is 0 Å². The van der Waals surface area contributed by atoms with E-state index in [-0.39, 0.29) is 29.9 Å². The number of carbonyl (C=O) groups is 2. The molecular weight excluding hydrogens is 526 g/mol. The van der Waals surface area contributed by atoms with Crippen molar-refractivity contribution < 1.29 is 18.8 Å². The van der Waals surface area contributed by atoms with E-state index in [0.717, 1.165) is 37.5 Å². The van der Waals surface area contributed by atoms with Crippen LogP contribution in [0.4, 0.5) is 4.79 Å². The summed E-state index contributed by atoms with van der Waals surface area (Å²) in [6.07, 6.45) is 4.33. The van der Waals surface area contributed by atoms with Crippen molar-refractivity contribution in [2.24, 2.45) is 11.8 Å². The second-order valence-corrected chi connectivity index (χ2v) is 16.8. The molecule has 1 saturated carbocycles. The standard InChI is InChI=1S/C35H45NO4Si/c1-28(32-21-14-23-35(32,24-25-37)36-33(38)39-27-29-15-8-5-9-16-29)22-26-40-41(34(2,3)4,30-17-10-6-11-18-30)31-19-12-7-13-20-31/h5-13,15-20,25,28,32H,14,21-24,26-27H2,1-4H3,(H,36,38)/t28-,32+,35-/m0/s1. The Morgan fingerprint density at radius 2 is 1.54 bits per heavy atom. The molecule has 41 heavy (non-hydrogen) atoms. The van der Waals surface area contributed by atoms with Crippen LogP contribution in [-0.2, 0) is 20.6 Å². The molecule has 0 aliphatic heterocycles. The fourth-order valence-electron chi connectivity index (χ4n) is 6.86. The zero-order valence-corrected chi connectivity index (χ0v) is 26.0. The van der Waals surface area contributed by atoms with Crippen LogP contribution in [0.1, 0.15) is 65.4 Å². The second-order valence-electron chi connectivity index (χ2n) is 12.5. The zero-order chi connectivity index (χ0) is 29.3. The molecule has 1 N–H and O–H groups in total. The SMILES string of the molecule is C[C@@H](CCO[Si](c1ccccc1)(c1ccccc1)C(C)(C)C)[C@H]1CCC[C@@]1(CC=O)NC(=O)OCc1ccccc1. The molecule has 1 amide bonds. The third-order valence-corrected chi connectivity index (χ3v) is 13.9. The summed E-state index contributed by atoms with van der Waals surface area (Å²) in [5.74, 6) is 0.421. The van der Waals surface area contributed by atoms with Gasteiger partial charge in [0, 0.05) is 13.0 Å². The average molecular weight is 572 g/mol. The lowest BCUT2D eigenvalue weighted by Gasteiger charge is -2.43. The Balaban J connectivity index is 1.49. The monoisotopic (exact) mass is 571 g/mol. The predicted octanol–water partition coefficient (Wildman–Crippen LogP) is 6.64. The first-order chi connectivity index (χ1) is 19.7. The number of alkyl carbamates (subject to hydrolysis) is 1. The number of carbonyl (C=O) groups excluding carboxylic acids is 2. The van der Waals surface area contributed by atoms with E-state index >= 15 is 0 Å². The third kappa shape index (κ3) is 6.99.